The molecule has 18 heteroatoms. The molecule has 0 saturated heterocycles. The van der Waals surface area contributed by atoms with Crippen molar-refractivity contribution in [3.8, 4) is 5.82 Å². The van der Waals surface area contributed by atoms with E-state index in [-0.39, 0.29) is 22.2 Å². The fourth-order valence-electron chi connectivity index (χ4n) is 3.59. The number of fused-ring (bicyclic) bond motifs is 1. The van der Waals surface area contributed by atoms with Crippen LogP contribution in [0.2, 0.25) is 5.15 Å². The maximum atomic E-state index is 14.0. The first-order valence-corrected chi connectivity index (χ1v) is 11.9. The molecule has 14 nitrogen and oxygen atoms in total. The number of halogens is 4. The normalized spacial score (nSPS) is 12.2. The largest absolute Gasteiger partial charge is 0.456 e. The molecule has 216 valence electrons. The summed E-state index contributed by atoms with van der Waals surface area (Å²) in [6.45, 7) is 2.22. The molecular formula is C23H21ClF3N9O5. The summed E-state index contributed by atoms with van der Waals surface area (Å²) in [5, 5.41) is 15.3. The van der Waals surface area contributed by atoms with Gasteiger partial charge in [0.05, 0.1) is 53.6 Å². The van der Waals surface area contributed by atoms with Crippen molar-refractivity contribution in [2.75, 3.05) is 29.7 Å². The number of nitrogens with zero attached hydrogens (tertiary/aromatic N) is 6. The van der Waals surface area contributed by atoms with Crippen LogP contribution in [0.1, 0.15) is 31.2 Å². The van der Waals surface area contributed by atoms with Gasteiger partial charge in [-0.3, -0.25) is 9.59 Å². The zero-order chi connectivity index (χ0) is 29.9. The van der Waals surface area contributed by atoms with Crippen molar-refractivity contribution in [3.63, 3.8) is 0 Å². The number of esters is 1. The molecule has 4 rings (SSSR count). The number of urea groups is 1. The predicted molar refractivity (Wildman–Crippen MR) is 138 cm³/mol. The number of carbonyl (C=O) groups is 3. The van der Waals surface area contributed by atoms with Crippen LogP contribution >= 0.6 is 11.6 Å². The van der Waals surface area contributed by atoms with Crippen molar-refractivity contribution in [2.24, 2.45) is 0 Å². The van der Waals surface area contributed by atoms with Gasteiger partial charge >= 0.3 is 18.2 Å². The summed E-state index contributed by atoms with van der Waals surface area (Å²) in [7, 11) is 1.44. The van der Waals surface area contributed by atoms with Crippen LogP contribution in [0.25, 0.3) is 11.5 Å². The van der Waals surface area contributed by atoms with Gasteiger partial charge in [-0.1, -0.05) is 11.6 Å². The summed E-state index contributed by atoms with van der Waals surface area (Å²) in [6, 6.07) is 1.28. The maximum absolute atomic E-state index is 14.0. The van der Waals surface area contributed by atoms with Gasteiger partial charge in [0.2, 0.25) is 0 Å². The Bertz CT molecular complexity index is 1620. The van der Waals surface area contributed by atoms with Crippen molar-refractivity contribution in [3.05, 3.63) is 53.3 Å². The lowest BCUT2D eigenvalue weighted by Gasteiger charge is -2.17. The van der Waals surface area contributed by atoms with E-state index in [4.69, 9.17) is 16.3 Å². The van der Waals surface area contributed by atoms with E-state index < -0.39 is 48.2 Å². The molecule has 4 aromatic heterocycles. The smallest absolute Gasteiger partial charge is 0.420 e. The number of methoxy groups -OCH3 is 1. The number of aromatic nitrogens is 6. The molecule has 0 unspecified atom stereocenters. The first-order valence-electron chi connectivity index (χ1n) is 11.6. The third-order valence-corrected chi connectivity index (χ3v) is 5.58. The van der Waals surface area contributed by atoms with E-state index in [2.05, 4.69) is 40.9 Å². The van der Waals surface area contributed by atoms with Gasteiger partial charge in [-0.05, 0) is 13.0 Å². The van der Waals surface area contributed by atoms with Crippen molar-refractivity contribution >= 4 is 52.2 Å². The minimum atomic E-state index is -4.89. The second kappa shape index (κ2) is 11.8. The van der Waals surface area contributed by atoms with Crippen LogP contribution in [0.15, 0.2) is 36.9 Å². The molecule has 0 bridgehead atoms. The van der Waals surface area contributed by atoms with E-state index in [9.17, 15) is 27.6 Å². The summed E-state index contributed by atoms with van der Waals surface area (Å²) >= 11 is 5.97. The third kappa shape index (κ3) is 6.87. The molecule has 0 aliphatic heterocycles. The number of pyridine rings is 1. The number of amides is 3. The Morgan fingerprint density at radius 2 is 1.83 bits per heavy atom. The molecule has 0 radical (unpaired) electrons. The second-order valence-corrected chi connectivity index (χ2v) is 8.73. The number of rotatable bonds is 8. The standard InChI is InChI=1S/C23H21ClF3N9O5/c1-11(40-3)20-16(8-28-18-5-17(24)34-36(18)20)33-22(39)32-13-4-15(23(25,26)27)21(29-6-13)35-9-14(7-30-35)31-19(38)10-41-12(2)37/h4-9,11H,10H2,1-3H3,(H,31,38)(H2,32,33,39)/t11-/m0/s1. The SMILES string of the molecule is CO[C@@H](C)c1c(NC(=O)Nc2cnc(-n3cc(NC(=O)COC(C)=O)cn3)c(C(F)(F)F)c2)cnc2cc(Cl)nn12. The molecule has 41 heavy (non-hydrogen) atoms. The molecule has 3 amide bonds. The van der Waals surface area contributed by atoms with Gasteiger partial charge in [0.15, 0.2) is 23.2 Å². The highest BCUT2D eigenvalue weighted by Gasteiger charge is 2.36. The highest BCUT2D eigenvalue weighted by atomic mass is 35.5. The number of carbonyl (C=O) groups excluding carboxylic acids is 3. The lowest BCUT2D eigenvalue weighted by molar-refractivity contribution is -0.145. The predicted octanol–water partition coefficient (Wildman–Crippen LogP) is 3.84. The lowest BCUT2D eigenvalue weighted by Crippen LogP contribution is -2.23. The van der Waals surface area contributed by atoms with E-state index in [0.717, 1.165) is 30.2 Å². The van der Waals surface area contributed by atoms with Gasteiger partial charge in [-0.2, -0.15) is 23.4 Å². The third-order valence-electron chi connectivity index (χ3n) is 5.40. The summed E-state index contributed by atoms with van der Waals surface area (Å²) < 4.78 is 53.9. The van der Waals surface area contributed by atoms with E-state index in [1.165, 1.54) is 23.9 Å². The number of alkyl halides is 3. The number of hydrogen-bond acceptors (Lipinski definition) is 9. The average Bonchev–Trinajstić information content (AvgIpc) is 3.52. The lowest BCUT2D eigenvalue weighted by atomic mass is 10.2. The van der Waals surface area contributed by atoms with Crippen LogP contribution in [0, 0.1) is 0 Å². The number of nitrogens with one attached hydrogen (secondary N) is 3. The molecule has 0 spiro atoms. The van der Waals surface area contributed by atoms with Gasteiger partial charge in [0.1, 0.15) is 5.56 Å². The highest BCUT2D eigenvalue weighted by molar-refractivity contribution is 6.29. The molecule has 1 atom stereocenters. The van der Waals surface area contributed by atoms with Crippen LogP contribution in [-0.2, 0) is 25.2 Å². The van der Waals surface area contributed by atoms with Gasteiger partial charge in [0, 0.05) is 20.1 Å². The molecule has 3 N–H and O–H groups in total. The Kier molecular flexibility index (Phi) is 8.39. The summed E-state index contributed by atoms with van der Waals surface area (Å²) in [6.07, 6.45) is -0.958. The highest BCUT2D eigenvalue weighted by Crippen LogP contribution is 2.35. The van der Waals surface area contributed by atoms with Gasteiger partial charge in [0.25, 0.3) is 5.91 Å². The average molecular weight is 596 g/mol. The molecule has 0 aromatic carbocycles. The van der Waals surface area contributed by atoms with Gasteiger partial charge in [-0.25, -0.2) is 24.0 Å². The molecule has 4 heterocycles. The fraction of sp³-hybridized carbons (Fsp3) is 0.261. The monoisotopic (exact) mass is 595 g/mol. The fourth-order valence-corrected chi connectivity index (χ4v) is 3.76. The zero-order valence-corrected chi connectivity index (χ0v) is 22.2. The molecule has 0 fully saturated rings. The Labute approximate surface area is 233 Å². The van der Waals surface area contributed by atoms with Crippen LogP contribution in [0.5, 0.6) is 0 Å². The zero-order valence-electron chi connectivity index (χ0n) is 21.5. The molecule has 4 aromatic rings. The van der Waals surface area contributed by atoms with Gasteiger partial charge < -0.3 is 25.4 Å². The van der Waals surface area contributed by atoms with Crippen LogP contribution in [-0.4, -0.2) is 61.0 Å². The van der Waals surface area contributed by atoms with Crippen molar-refractivity contribution in [1.29, 1.82) is 0 Å². The Balaban J connectivity index is 1.55. The Morgan fingerprint density at radius 1 is 1.07 bits per heavy atom. The van der Waals surface area contributed by atoms with Crippen LogP contribution in [0.3, 0.4) is 0 Å². The molecule has 0 aliphatic rings. The maximum Gasteiger partial charge on any atom is 0.420 e. The summed E-state index contributed by atoms with van der Waals surface area (Å²) in [4.78, 5) is 43.4. The molecule has 0 aliphatic carbocycles. The van der Waals surface area contributed by atoms with Crippen molar-refractivity contribution in [1.82, 2.24) is 29.4 Å². The van der Waals surface area contributed by atoms with Crippen LogP contribution < -0.4 is 16.0 Å². The van der Waals surface area contributed by atoms with E-state index in [0.29, 0.717) is 17.4 Å². The second-order valence-electron chi connectivity index (χ2n) is 8.35. The Morgan fingerprint density at radius 3 is 2.51 bits per heavy atom. The summed E-state index contributed by atoms with van der Waals surface area (Å²) in [5.41, 5.74) is -0.524. The Hall–Kier alpha value is -4.77. The van der Waals surface area contributed by atoms with Crippen molar-refractivity contribution < 1.29 is 37.0 Å². The number of hydrogen-bond donors (Lipinski definition) is 3. The van der Waals surface area contributed by atoms with E-state index in [1.807, 2.05) is 0 Å². The first-order chi connectivity index (χ1) is 19.3. The molecular weight excluding hydrogens is 575 g/mol. The first kappa shape index (κ1) is 29.2. The van der Waals surface area contributed by atoms with Crippen LogP contribution in [0.4, 0.5) is 35.0 Å². The number of anilines is 3. The summed E-state index contributed by atoms with van der Waals surface area (Å²) in [5.74, 6) is -2.02. The minimum absolute atomic E-state index is 0.0313. The van der Waals surface area contributed by atoms with Gasteiger partial charge in [-0.15, -0.1) is 0 Å². The van der Waals surface area contributed by atoms with E-state index >= 15 is 0 Å². The number of ether oxygens (including phenoxy) is 2. The topological polar surface area (TPSA) is 167 Å². The van der Waals surface area contributed by atoms with Crippen molar-refractivity contribution in [2.45, 2.75) is 26.1 Å². The minimum Gasteiger partial charge on any atom is -0.456 e. The van der Waals surface area contributed by atoms with E-state index in [1.54, 1.807) is 6.92 Å². The molecule has 0 saturated carbocycles. The quantitative estimate of drug-likeness (QED) is 0.256.